The van der Waals surface area contributed by atoms with Gasteiger partial charge in [0.1, 0.15) is 0 Å². The second-order valence-corrected chi connectivity index (χ2v) is 5.92. The first kappa shape index (κ1) is 17.1. The van der Waals surface area contributed by atoms with Gasteiger partial charge in [0, 0.05) is 11.7 Å². The summed E-state index contributed by atoms with van der Waals surface area (Å²) in [5, 5.41) is 8.94. The molecule has 0 amide bonds. The third kappa shape index (κ3) is 4.87. The number of hydrogen-bond acceptors (Lipinski definition) is 4. The third-order valence-corrected chi connectivity index (χ3v) is 4.29. The number of carbonyl (C=O) groups excluding carboxylic acids is 1. The lowest BCUT2D eigenvalue weighted by molar-refractivity contribution is -0.140. The third-order valence-electron chi connectivity index (χ3n) is 3.73. The lowest BCUT2D eigenvalue weighted by Crippen LogP contribution is -2.00. The van der Waals surface area contributed by atoms with Crippen molar-refractivity contribution < 1.29 is 9.53 Å². The molecule has 4 heteroatoms. The summed E-state index contributed by atoms with van der Waals surface area (Å²) < 4.78 is 4.63. The molecule has 0 spiro atoms. The van der Waals surface area contributed by atoms with Crippen molar-refractivity contribution in [3.8, 4) is 17.2 Å². The van der Waals surface area contributed by atoms with Crippen molar-refractivity contribution in [3.05, 3.63) is 59.7 Å². The van der Waals surface area contributed by atoms with E-state index < -0.39 is 0 Å². The molecule has 1 unspecified atom stereocenters. The molecule has 23 heavy (non-hydrogen) atoms. The van der Waals surface area contributed by atoms with Crippen molar-refractivity contribution in [1.82, 2.24) is 0 Å². The van der Waals surface area contributed by atoms with Crippen molar-refractivity contribution in [2.45, 2.75) is 24.5 Å². The summed E-state index contributed by atoms with van der Waals surface area (Å²) in [6.45, 7) is 0. The number of methoxy groups -OCH3 is 1. The predicted molar refractivity (Wildman–Crippen MR) is 94.2 cm³/mol. The first-order chi connectivity index (χ1) is 11.1. The molecule has 1 atom stereocenters. The molecule has 0 N–H and O–H groups in total. The van der Waals surface area contributed by atoms with Crippen molar-refractivity contribution in [1.29, 1.82) is 5.26 Å². The van der Waals surface area contributed by atoms with E-state index in [0.29, 0.717) is 12.0 Å². The monoisotopic (exact) mass is 325 g/mol. The Balaban J connectivity index is 1.98. The molecule has 0 saturated carbocycles. The lowest BCUT2D eigenvalue weighted by Gasteiger charge is -2.11. The van der Waals surface area contributed by atoms with Gasteiger partial charge < -0.3 is 4.74 Å². The molecule has 0 saturated heterocycles. The highest BCUT2D eigenvalue weighted by atomic mass is 32.1. The van der Waals surface area contributed by atoms with Gasteiger partial charge in [0.05, 0.1) is 18.7 Å². The quantitative estimate of drug-likeness (QED) is 0.626. The van der Waals surface area contributed by atoms with Crippen molar-refractivity contribution >= 4 is 18.6 Å². The maximum Gasteiger partial charge on any atom is 0.305 e. The Kier molecular flexibility index (Phi) is 6.25. The molecular weight excluding hydrogens is 306 g/mol. The van der Waals surface area contributed by atoms with E-state index in [1.807, 2.05) is 24.3 Å². The molecular formula is C19H19NO2S. The molecule has 0 heterocycles. The van der Waals surface area contributed by atoms with Crippen LogP contribution in [0.2, 0.25) is 0 Å². The standard InChI is InChI=1S/C19H19NO2S/c1-22-19(21)4-2-3-18(23)17-11-9-16(10-12-17)15-7-5-14(13-20)6-8-15/h5-12,18,23H,2-4H2,1H3. The van der Waals surface area contributed by atoms with Crippen LogP contribution in [0, 0.1) is 11.3 Å². The number of nitriles is 1. The fourth-order valence-corrected chi connectivity index (χ4v) is 2.70. The minimum absolute atomic E-state index is 0.106. The van der Waals surface area contributed by atoms with E-state index in [9.17, 15) is 4.79 Å². The maximum atomic E-state index is 11.1. The fraction of sp³-hybridized carbons (Fsp3) is 0.263. The number of esters is 1. The summed E-state index contributed by atoms with van der Waals surface area (Å²) in [5.41, 5.74) is 3.98. The average Bonchev–Trinajstić information content (AvgIpc) is 2.61. The highest BCUT2D eigenvalue weighted by Gasteiger charge is 2.09. The Morgan fingerprint density at radius 2 is 1.70 bits per heavy atom. The Morgan fingerprint density at radius 1 is 1.13 bits per heavy atom. The van der Waals surface area contributed by atoms with Crippen LogP contribution in [0.4, 0.5) is 0 Å². The van der Waals surface area contributed by atoms with Crippen LogP contribution in [0.5, 0.6) is 0 Å². The summed E-state index contributed by atoms with van der Waals surface area (Å²) in [6, 6.07) is 17.9. The van der Waals surface area contributed by atoms with E-state index in [4.69, 9.17) is 5.26 Å². The van der Waals surface area contributed by atoms with Crippen LogP contribution >= 0.6 is 12.6 Å². The normalized spacial score (nSPS) is 11.5. The largest absolute Gasteiger partial charge is 0.469 e. The molecule has 3 nitrogen and oxygen atoms in total. The van der Waals surface area contributed by atoms with Crippen molar-refractivity contribution in [3.63, 3.8) is 0 Å². The summed E-state index contributed by atoms with van der Waals surface area (Å²) >= 11 is 4.61. The van der Waals surface area contributed by atoms with Gasteiger partial charge in [-0.15, -0.1) is 0 Å². The number of hydrogen-bond donors (Lipinski definition) is 1. The molecule has 0 aromatic heterocycles. The first-order valence-electron chi connectivity index (χ1n) is 7.49. The van der Waals surface area contributed by atoms with Crippen LogP contribution < -0.4 is 0 Å². The van der Waals surface area contributed by atoms with Gasteiger partial charge >= 0.3 is 5.97 Å². The van der Waals surface area contributed by atoms with Crippen LogP contribution in [-0.4, -0.2) is 13.1 Å². The number of ether oxygens (including phenoxy) is 1. The minimum Gasteiger partial charge on any atom is -0.469 e. The highest BCUT2D eigenvalue weighted by Crippen LogP contribution is 2.28. The van der Waals surface area contributed by atoms with Gasteiger partial charge in [-0.2, -0.15) is 17.9 Å². The van der Waals surface area contributed by atoms with E-state index in [2.05, 4.69) is 47.7 Å². The van der Waals surface area contributed by atoms with E-state index in [1.54, 1.807) is 0 Å². The zero-order chi connectivity index (χ0) is 16.7. The van der Waals surface area contributed by atoms with Crippen LogP contribution in [-0.2, 0) is 9.53 Å². The SMILES string of the molecule is COC(=O)CCCC(S)c1ccc(-c2ccc(C#N)cc2)cc1. The summed E-state index contributed by atoms with van der Waals surface area (Å²) in [4.78, 5) is 11.1. The number of thiol groups is 1. The lowest BCUT2D eigenvalue weighted by atomic mass is 10.0. The summed E-state index contributed by atoms with van der Waals surface area (Å²) in [7, 11) is 1.41. The molecule has 0 aliphatic carbocycles. The van der Waals surface area contributed by atoms with Gasteiger partial charge in [-0.25, -0.2) is 0 Å². The van der Waals surface area contributed by atoms with E-state index >= 15 is 0 Å². The second kappa shape index (κ2) is 8.40. The minimum atomic E-state index is -0.179. The van der Waals surface area contributed by atoms with Crippen molar-refractivity contribution in [2.75, 3.05) is 7.11 Å². The molecule has 0 bridgehead atoms. The Hall–Kier alpha value is -2.25. The Bertz CT molecular complexity index is 687. The van der Waals surface area contributed by atoms with Gasteiger partial charge in [0.25, 0.3) is 0 Å². The van der Waals surface area contributed by atoms with Gasteiger partial charge in [-0.3, -0.25) is 4.79 Å². The number of carbonyl (C=O) groups is 1. The number of nitrogens with zero attached hydrogens (tertiary/aromatic N) is 1. The van der Waals surface area contributed by atoms with Crippen LogP contribution in [0.15, 0.2) is 48.5 Å². The van der Waals surface area contributed by atoms with Crippen molar-refractivity contribution in [2.24, 2.45) is 0 Å². The van der Waals surface area contributed by atoms with E-state index in [1.165, 1.54) is 7.11 Å². The topological polar surface area (TPSA) is 50.1 Å². The molecule has 0 fully saturated rings. The molecule has 118 valence electrons. The zero-order valence-electron chi connectivity index (χ0n) is 13.0. The van der Waals surface area contributed by atoms with Gasteiger partial charge in [0.2, 0.25) is 0 Å². The Morgan fingerprint density at radius 3 is 2.22 bits per heavy atom. The van der Waals surface area contributed by atoms with Gasteiger partial charge in [0.15, 0.2) is 0 Å². The molecule has 0 aliphatic rings. The van der Waals surface area contributed by atoms with Crippen LogP contribution in [0.1, 0.15) is 35.6 Å². The molecule has 0 radical (unpaired) electrons. The molecule has 0 aliphatic heterocycles. The highest BCUT2D eigenvalue weighted by molar-refractivity contribution is 7.80. The van der Waals surface area contributed by atoms with Gasteiger partial charge in [-0.05, 0) is 41.7 Å². The predicted octanol–water partition coefficient (Wildman–Crippen LogP) is 4.54. The summed E-state index contributed by atoms with van der Waals surface area (Å²) in [5.74, 6) is -0.179. The Labute approximate surface area is 142 Å². The second-order valence-electron chi connectivity index (χ2n) is 5.30. The molecule has 2 rings (SSSR count). The fourth-order valence-electron chi connectivity index (χ4n) is 2.34. The van der Waals surface area contributed by atoms with E-state index in [-0.39, 0.29) is 11.2 Å². The van der Waals surface area contributed by atoms with Gasteiger partial charge in [-0.1, -0.05) is 36.4 Å². The van der Waals surface area contributed by atoms with Crippen LogP contribution in [0.25, 0.3) is 11.1 Å². The molecule has 2 aromatic carbocycles. The first-order valence-corrected chi connectivity index (χ1v) is 8.01. The average molecular weight is 325 g/mol. The number of benzene rings is 2. The van der Waals surface area contributed by atoms with E-state index in [0.717, 1.165) is 29.5 Å². The number of rotatable bonds is 6. The smallest absolute Gasteiger partial charge is 0.305 e. The maximum absolute atomic E-state index is 11.1. The van der Waals surface area contributed by atoms with Crippen LogP contribution in [0.3, 0.4) is 0 Å². The zero-order valence-corrected chi connectivity index (χ0v) is 13.9. The summed E-state index contributed by atoms with van der Waals surface area (Å²) in [6.07, 6.45) is 2.02. The molecule has 2 aromatic rings.